The summed E-state index contributed by atoms with van der Waals surface area (Å²) < 4.78 is 27.6. The van der Waals surface area contributed by atoms with Crippen LogP contribution >= 0.6 is 0 Å². The fourth-order valence-electron chi connectivity index (χ4n) is 2.69. The lowest BCUT2D eigenvalue weighted by Gasteiger charge is -2.33. The Balaban J connectivity index is 2.11. The fourth-order valence-corrected chi connectivity index (χ4v) is 4.53. The van der Waals surface area contributed by atoms with E-state index in [2.05, 4.69) is 0 Å². The van der Waals surface area contributed by atoms with Gasteiger partial charge in [0.15, 0.2) is 0 Å². The number of piperidine rings is 1. The lowest BCUT2D eigenvalue weighted by atomic mass is 10.0. The second kappa shape index (κ2) is 5.01. The zero-order valence-corrected chi connectivity index (χ0v) is 11.9. The molecule has 2 atom stereocenters. The molecule has 2 fully saturated rings. The van der Waals surface area contributed by atoms with E-state index in [0.717, 1.165) is 12.8 Å². The zero-order valence-electron chi connectivity index (χ0n) is 11.1. The van der Waals surface area contributed by atoms with Crippen LogP contribution in [-0.4, -0.2) is 59.8 Å². The van der Waals surface area contributed by atoms with Crippen LogP contribution in [0.2, 0.25) is 0 Å². The molecule has 0 aromatic heterocycles. The maximum Gasteiger partial charge on any atom is 0.325 e. The van der Waals surface area contributed by atoms with Crippen molar-refractivity contribution in [3.05, 3.63) is 0 Å². The van der Waals surface area contributed by atoms with Gasteiger partial charge in [0, 0.05) is 26.2 Å². The molecule has 7 nitrogen and oxygen atoms in total. The maximum absolute atomic E-state index is 12.4. The van der Waals surface area contributed by atoms with Gasteiger partial charge in [0.2, 0.25) is 0 Å². The summed E-state index contributed by atoms with van der Waals surface area (Å²) in [5.41, 5.74) is 4.27. The Hall–Kier alpha value is -0.700. The van der Waals surface area contributed by atoms with Gasteiger partial charge >= 0.3 is 5.97 Å². The van der Waals surface area contributed by atoms with E-state index in [4.69, 9.17) is 10.8 Å². The normalized spacial score (nSPS) is 34.5. The van der Waals surface area contributed by atoms with Crippen LogP contribution in [0.1, 0.15) is 26.2 Å². The number of nitrogens with two attached hydrogens (primary N) is 1. The number of nitrogens with zero attached hydrogens (tertiary/aromatic N) is 2. The minimum Gasteiger partial charge on any atom is -0.480 e. The molecular formula is C11H21N3O4S. The van der Waals surface area contributed by atoms with E-state index in [0.29, 0.717) is 19.0 Å². The third-order valence-corrected chi connectivity index (χ3v) is 5.91. The largest absolute Gasteiger partial charge is 0.480 e. The summed E-state index contributed by atoms with van der Waals surface area (Å²) in [5, 5.41) is 9.05. The van der Waals surface area contributed by atoms with Crippen LogP contribution in [-0.2, 0) is 15.0 Å². The molecule has 0 aliphatic carbocycles. The van der Waals surface area contributed by atoms with Crippen LogP contribution in [0.5, 0.6) is 0 Å². The molecule has 0 spiro atoms. The lowest BCUT2D eigenvalue weighted by molar-refractivity contribution is -0.142. The van der Waals surface area contributed by atoms with Crippen molar-refractivity contribution in [1.82, 2.24) is 8.61 Å². The van der Waals surface area contributed by atoms with Gasteiger partial charge in [0.1, 0.15) is 5.54 Å². The second-order valence-electron chi connectivity index (χ2n) is 5.66. The van der Waals surface area contributed by atoms with Crippen molar-refractivity contribution in [1.29, 1.82) is 0 Å². The molecule has 2 aliphatic heterocycles. The molecule has 19 heavy (non-hydrogen) atoms. The highest BCUT2D eigenvalue weighted by atomic mass is 32.2. The second-order valence-corrected chi connectivity index (χ2v) is 7.59. The van der Waals surface area contributed by atoms with Crippen LogP contribution in [0, 0.1) is 5.92 Å². The molecule has 2 saturated heterocycles. The first-order chi connectivity index (χ1) is 8.75. The summed E-state index contributed by atoms with van der Waals surface area (Å²) in [7, 11) is -3.58. The Kier molecular flexibility index (Phi) is 3.87. The number of rotatable bonds is 3. The number of aliphatic carboxylic acids is 1. The van der Waals surface area contributed by atoms with Crippen LogP contribution in [0.4, 0.5) is 0 Å². The number of hydrogen-bond donors (Lipinski definition) is 2. The number of carboxylic acids is 1. The monoisotopic (exact) mass is 291 g/mol. The van der Waals surface area contributed by atoms with Crippen LogP contribution in [0.25, 0.3) is 0 Å². The SMILES string of the molecule is CC1CCCN(S(=O)(=O)N2CCC(N)(C(=O)O)C2)C1. The predicted octanol–water partition coefficient (Wildman–Crippen LogP) is -0.549. The van der Waals surface area contributed by atoms with Gasteiger partial charge in [-0.2, -0.15) is 17.0 Å². The Morgan fingerprint density at radius 3 is 2.58 bits per heavy atom. The molecule has 2 aliphatic rings. The van der Waals surface area contributed by atoms with Gasteiger partial charge in [-0.15, -0.1) is 0 Å². The minimum atomic E-state index is -3.58. The van der Waals surface area contributed by atoms with E-state index in [9.17, 15) is 13.2 Å². The number of hydrogen-bond acceptors (Lipinski definition) is 4. The molecule has 110 valence electrons. The topological polar surface area (TPSA) is 104 Å². The predicted molar refractivity (Wildman–Crippen MR) is 69.6 cm³/mol. The average molecular weight is 291 g/mol. The third-order valence-electron chi connectivity index (χ3n) is 3.96. The van der Waals surface area contributed by atoms with Crippen LogP contribution < -0.4 is 5.73 Å². The molecule has 0 aromatic carbocycles. The van der Waals surface area contributed by atoms with Crippen molar-refractivity contribution in [2.45, 2.75) is 31.7 Å². The highest BCUT2D eigenvalue weighted by molar-refractivity contribution is 7.86. The summed E-state index contributed by atoms with van der Waals surface area (Å²) in [6, 6.07) is 0. The van der Waals surface area contributed by atoms with Crippen LogP contribution in [0.3, 0.4) is 0 Å². The average Bonchev–Trinajstić information content (AvgIpc) is 2.74. The lowest BCUT2D eigenvalue weighted by Crippen LogP contribution is -2.53. The Bertz CT molecular complexity index is 467. The number of carbonyl (C=O) groups is 1. The van der Waals surface area contributed by atoms with E-state index in [1.54, 1.807) is 0 Å². The Morgan fingerprint density at radius 2 is 2.05 bits per heavy atom. The van der Waals surface area contributed by atoms with Crippen molar-refractivity contribution < 1.29 is 18.3 Å². The van der Waals surface area contributed by atoms with Crippen LogP contribution in [0.15, 0.2) is 0 Å². The van der Waals surface area contributed by atoms with Crippen molar-refractivity contribution in [3.63, 3.8) is 0 Å². The molecule has 0 aromatic rings. The molecule has 2 unspecified atom stereocenters. The van der Waals surface area contributed by atoms with Gasteiger partial charge in [-0.25, -0.2) is 0 Å². The fraction of sp³-hybridized carbons (Fsp3) is 0.909. The van der Waals surface area contributed by atoms with Gasteiger partial charge in [-0.05, 0) is 25.2 Å². The van der Waals surface area contributed by atoms with Gasteiger partial charge < -0.3 is 10.8 Å². The Labute approximate surface area is 113 Å². The molecule has 8 heteroatoms. The van der Waals surface area contributed by atoms with Crippen molar-refractivity contribution in [3.8, 4) is 0 Å². The van der Waals surface area contributed by atoms with Crippen molar-refractivity contribution >= 4 is 16.2 Å². The summed E-state index contributed by atoms with van der Waals surface area (Å²) in [6.45, 7) is 3.07. The molecule has 0 bridgehead atoms. The van der Waals surface area contributed by atoms with E-state index in [1.165, 1.54) is 8.61 Å². The minimum absolute atomic E-state index is 0.143. The smallest absolute Gasteiger partial charge is 0.325 e. The molecular weight excluding hydrogens is 270 g/mol. The van der Waals surface area contributed by atoms with Gasteiger partial charge in [-0.1, -0.05) is 6.92 Å². The zero-order chi connectivity index (χ0) is 14.3. The van der Waals surface area contributed by atoms with Gasteiger partial charge in [0.25, 0.3) is 10.2 Å². The summed E-state index contributed by atoms with van der Waals surface area (Å²) >= 11 is 0. The Morgan fingerprint density at radius 1 is 1.37 bits per heavy atom. The molecule has 0 radical (unpaired) electrons. The van der Waals surface area contributed by atoms with Gasteiger partial charge in [0.05, 0.1) is 0 Å². The quantitative estimate of drug-likeness (QED) is 0.726. The van der Waals surface area contributed by atoms with E-state index >= 15 is 0 Å². The molecule has 3 N–H and O–H groups in total. The summed E-state index contributed by atoms with van der Waals surface area (Å²) in [4.78, 5) is 11.1. The first-order valence-electron chi connectivity index (χ1n) is 6.53. The molecule has 2 heterocycles. The highest BCUT2D eigenvalue weighted by Gasteiger charge is 2.47. The number of carboxylic acid groups (broad SMARTS) is 1. The van der Waals surface area contributed by atoms with Crippen molar-refractivity contribution in [2.24, 2.45) is 11.7 Å². The molecule has 0 amide bonds. The van der Waals surface area contributed by atoms with Crippen molar-refractivity contribution in [2.75, 3.05) is 26.2 Å². The van der Waals surface area contributed by atoms with Gasteiger partial charge in [-0.3, -0.25) is 4.79 Å². The van der Waals surface area contributed by atoms with E-state index in [-0.39, 0.29) is 19.5 Å². The first-order valence-corrected chi connectivity index (χ1v) is 7.93. The van der Waals surface area contributed by atoms with E-state index < -0.39 is 21.7 Å². The maximum atomic E-state index is 12.4. The molecule has 2 rings (SSSR count). The first kappa shape index (κ1) is 14.7. The summed E-state index contributed by atoms with van der Waals surface area (Å²) in [5.74, 6) is -0.801. The highest BCUT2D eigenvalue weighted by Crippen LogP contribution is 2.26. The standard InChI is InChI=1S/C11H21N3O4S/c1-9-3-2-5-13(7-9)19(17,18)14-6-4-11(12,8-14)10(15)16/h9H,2-8,12H2,1H3,(H,15,16). The summed E-state index contributed by atoms with van der Waals surface area (Å²) in [6.07, 6.45) is 2.04. The third kappa shape index (κ3) is 2.76. The van der Waals surface area contributed by atoms with E-state index in [1.807, 2.05) is 6.92 Å². The molecule has 0 saturated carbocycles.